The molecule has 5 rings (SSSR count). The number of benzene rings is 3. The number of allylic oxidation sites excluding steroid dienone is 1. The van der Waals surface area contributed by atoms with Gasteiger partial charge >= 0.3 is 5.97 Å². The average Bonchev–Trinajstić information content (AvgIpc) is 3.30. The van der Waals surface area contributed by atoms with Crippen molar-refractivity contribution >= 4 is 61.9 Å². The van der Waals surface area contributed by atoms with E-state index >= 15 is 0 Å². The fraction of sp³-hybridized carbons (Fsp3) is 0.212. The van der Waals surface area contributed by atoms with Crippen LogP contribution in [-0.4, -0.2) is 23.8 Å². The van der Waals surface area contributed by atoms with E-state index in [1.807, 2.05) is 61.5 Å². The molecule has 8 nitrogen and oxygen atoms in total. The summed E-state index contributed by atoms with van der Waals surface area (Å²) in [4.78, 5) is 32.3. The fourth-order valence-electron chi connectivity index (χ4n) is 4.80. The number of halogens is 2. The molecule has 2 heterocycles. The average molecular weight is 784 g/mol. The Morgan fingerprint density at radius 3 is 2.48 bits per heavy atom. The predicted molar refractivity (Wildman–Crippen MR) is 180 cm³/mol. The Bertz CT molecular complexity index is 1950. The van der Waals surface area contributed by atoms with Gasteiger partial charge < -0.3 is 14.2 Å². The molecule has 0 unspecified atom stereocenters. The second-order valence-corrected chi connectivity index (χ2v) is 12.7. The lowest BCUT2D eigenvalue weighted by Crippen LogP contribution is -2.39. The smallest absolute Gasteiger partial charge is 0.338 e. The maximum absolute atomic E-state index is 14.0. The Balaban J connectivity index is 1.52. The van der Waals surface area contributed by atoms with Gasteiger partial charge in [-0.05, 0) is 118 Å². The van der Waals surface area contributed by atoms with Crippen LogP contribution in [0.3, 0.4) is 0 Å². The Hall–Kier alpha value is -3.73. The molecule has 0 fully saturated rings. The summed E-state index contributed by atoms with van der Waals surface area (Å²) < 4.78 is 20.7. The van der Waals surface area contributed by atoms with Gasteiger partial charge in [-0.15, -0.1) is 0 Å². The van der Waals surface area contributed by atoms with Crippen LogP contribution in [0.1, 0.15) is 49.1 Å². The number of fused-ring (bicyclic) bond motifs is 1. The number of rotatable bonds is 9. The highest BCUT2D eigenvalue weighted by molar-refractivity contribution is 14.1. The molecule has 0 N–H and O–H groups in total. The molecular weight excluding hydrogens is 757 g/mol. The number of ether oxygens (including phenoxy) is 3. The van der Waals surface area contributed by atoms with Crippen LogP contribution < -0.4 is 24.4 Å². The summed E-state index contributed by atoms with van der Waals surface area (Å²) in [6.07, 6.45) is 1.82. The van der Waals surface area contributed by atoms with Crippen molar-refractivity contribution in [3.8, 4) is 17.6 Å². The molecule has 0 aliphatic carbocycles. The van der Waals surface area contributed by atoms with E-state index in [-0.39, 0.29) is 12.2 Å². The summed E-state index contributed by atoms with van der Waals surface area (Å²) in [5.74, 6) is 0.877. The Labute approximate surface area is 280 Å². The van der Waals surface area contributed by atoms with Crippen molar-refractivity contribution in [1.29, 1.82) is 5.26 Å². The SMILES string of the molecule is CCOC(=O)C1=C(C)N=c2s/c(=C\c3cc(Br)c(OCc4ccc(C#N)cc4)c(I)c3)c(=O)n2[C@@H]1c1ccc(OCC)cc1. The molecule has 0 saturated heterocycles. The minimum Gasteiger partial charge on any atom is -0.494 e. The van der Waals surface area contributed by atoms with E-state index in [0.29, 0.717) is 50.9 Å². The normalized spacial score (nSPS) is 14.5. The van der Waals surface area contributed by atoms with Crippen LogP contribution in [0, 0.1) is 14.9 Å². The van der Waals surface area contributed by atoms with Gasteiger partial charge in [-0.25, -0.2) is 9.79 Å². The monoisotopic (exact) mass is 783 g/mol. The molecule has 0 saturated carbocycles. The van der Waals surface area contributed by atoms with Gasteiger partial charge in [-0.1, -0.05) is 35.6 Å². The number of esters is 1. The van der Waals surface area contributed by atoms with E-state index in [0.717, 1.165) is 24.7 Å². The fourth-order valence-corrected chi connectivity index (χ4v) is 7.62. The highest BCUT2D eigenvalue weighted by Crippen LogP contribution is 2.34. The molecule has 1 aromatic heterocycles. The molecule has 0 bridgehead atoms. The molecule has 224 valence electrons. The van der Waals surface area contributed by atoms with Crippen LogP contribution in [0.2, 0.25) is 0 Å². The van der Waals surface area contributed by atoms with Crippen LogP contribution in [0.4, 0.5) is 0 Å². The van der Waals surface area contributed by atoms with E-state index in [9.17, 15) is 9.59 Å². The highest BCUT2D eigenvalue weighted by atomic mass is 127. The van der Waals surface area contributed by atoms with E-state index in [1.165, 1.54) is 11.3 Å². The summed E-state index contributed by atoms with van der Waals surface area (Å²) in [6.45, 7) is 6.50. The van der Waals surface area contributed by atoms with Gasteiger partial charge in [0, 0.05) is 0 Å². The second kappa shape index (κ2) is 13.9. The standard InChI is InChI=1S/C33H27BrIN3O5S/c1-4-41-24-12-10-23(11-13-24)29-28(32(40)42-5-2)19(3)37-33-38(29)31(39)27(44-33)16-22-14-25(34)30(26(35)15-22)43-18-21-8-6-20(17-36)7-9-21/h6-16,29H,4-5,18H2,1-3H3/b27-16-/t29-/m1/s1. The van der Waals surface area contributed by atoms with Crippen molar-refractivity contribution in [2.75, 3.05) is 13.2 Å². The van der Waals surface area contributed by atoms with E-state index in [1.54, 1.807) is 30.5 Å². The largest absolute Gasteiger partial charge is 0.494 e. The molecule has 11 heteroatoms. The molecule has 0 amide bonds. The molecule has 4 aromatic rings. The molecule has 1 aliphatic rings. The zero-order valence-corrected chi connectivity index (χ0v) is 28.7. The Morgan fingerprint density at radius 1 is 1.11 bits per heavy atom. The number of carbonyl (C=O) groups excluding carboxylic acids is 1. The van der Waals surface area contributed by atoms with Crippen LogP contribution >= 0.6 is 49.9 Å². The lowest BCUT2D eigenvalue weighted by molar-refractivity contribution is -0.139. The van der Waals surface area contributed by atoms with E-state index < -0.39 is 12.0 Å². The van der Waals surface area contributed by atoms with Crippen molar-refractivity contribution < 1.29 is 19.0 Å². The number of nitriles is 1. The van der Waals surface area contributed by atoms with E-state index in [4.69, 9.17) is 19.5 Å². The second-order valence-electron chi connectivity index (χ2n) is 9.72. The number of nitrogens with zero attached hydrogens (tertiary/aromatic N) is 3. The van der Waals surface area contributed by atoms with Crippen molar-refractivity contribution in [3.63, 3.8) is 0 Å². The molecule has 3 aromatic carbocycles. The molecule has 1 aliphatic heterocycles. The molecule has 1 atom stereocenters. The van der Waals surface area contributed by atoms with Gasteiger partial charge in [0.1, 0.15) is 18.1 Å². The van der Waals surface area contributed by atoms with Crippen molar-refractivity contribution in [2.45, 2.75) is 33.4 Å². The highest BCUT2D eigenvalue weighted by Gasteiger charge is 2.33. The Morgan fingerprint density at radius 2 is 1.84 bits per heavy atom. The van der Waals surface area contributed by atoms with Gasteiger partial charge in [0.25, 0.3) is 5.56 Å². The number of hydrogen-bond donors (Lipinski definition) is 0. The minimum absolute atomic E-state index is 0.205. The minimum atomic E-state index is -0.701. The first-order chi connectivity index (χ1) is 21.2. The van der Waals surface area contributed by atoms with Gasteiger partial charge in [-0.2, -0.15) is 5.26 Å². The zero-order valence-electron chi connectivity index (χ0n) is 24.1. The summed E-state index contributed by atoms with van der Waals surface area (Å²) in [7, 11) is 0. The van der Waals surface area contributed by atoms with Crippen molar-refractivity contribution in [2.24, 2.45) is 4.99 Å². The first-order valence-electron chi connectivity index (χ1n) is 13.8. The van der Waals surface area contributed by atoms with Crippen LogP contribution in [0.25, 0.3) is 6.08 Å². The molecular formula is C33H27BrIN3O5S. The van der Waals surface area contributed by atoms with Gasteiger partial charge in [0.05, 0.1) is 54.7 Å². The quantitative estimate of drug-likeness (QED) is 0.152. The van der Waals surface area contributed by atoms with Crippen LogP contribution in [-0.2, 0) is 16.1 Å². The summed E-state index contributed by atoms with van der Waals surface area (Å²) in [5.41, 5.74) is 3.67. The lowest BCUT2D eigenvalue weighted by Gasteiger charge is -2.24. The molecule has 0 radical (unpaired) electrons. The summed E-state index contributed by atoms with van der Waals surface area (Å²) in [5, 5.41) is 9.02. The number of thiazole rings is 1. The maximum atomic E-state index is 14.0. The van der Waals surface area contributed by atoms with Crippen molar-refractivity contribution in [3.05, 3.63) is 122 Å². The van der Waals surface area contributed by atoms with Crippen molar-refractivity contribution in [1.82, 2.24) is 4.57 Å². The third-order valence-corrected chi connectivity index (χ3v) is 9.18. The first-order valence-corrected chi connectivity index (χ1v) is 16.5. The van der Waals surface area contributed by atoms with E-state index in [2.05, 4.69) is 49.6 Å². The topological polar surface area (TPSA) is 103 Å². The number of hydrogen-bond acceptors (Lipinski definition) is 8. The Kier molecular flexibility index (Phi) is 10.0. The summed E-state index contributed by atoms with van der Waals surface area (Å²) >= 11 is 7.10. The first kappa shape index (κ1) is 31.7. The van der Waals surface area contributed by atoms with Crippen LogP contribution in [0.5, 0.6) is 11.5 Å². The van der Waals surface area contributed by atoms with Gasteiger partial charge in [0.15, 0.2) is 4.80 Å². The maximum Gasteiger partial charge on any atom is 0.338 e. The molecule has 44 heavy (non-hydrogen) atoms. The molecule has 0 spiro atoms. The lowest BCUT2D eigenvalue weighted by atomic mass is 9.96. The summed E-state index contributed by atoms with van der Waals surface area (Å²) in [6, 6.07) is 19.9. The van der Waals surface area contributed by atoms with Gasteiger partial charge in [-0.3, -0.25) is 9.36 Å². The third kappa shape index (κ3) is 6.67. The van der Waals surface area contributed by atoms with Crippen LogP contribution in [0.15, 0.2) is 86.2 Å². The third-order valence-electron chi connectivity index (χ3n) is 6.81. The number of carbonyl (C=O) groups is 1. The van der Waals surface area contributed by atoms with Gasteiger partial charge in [0.2, 0.25) is 0 Å². The zero-order chi connectivity index (χ0) is 31.4. The predicted octanol–water partition coefficient (Wildman–Crippen LogP) is 6.01. The number of aromatic nitrogens is 1.